The van der Waals surface area contributed by atoms with Crippen molar-refractivity contribution in [2.75, 3.05) is 19.6 Å². The van der Waals surface area contributed by atoms with Gasteiger partial charge in [0.25, 0.3) is 0 Å². The van der Waals surface area contributed by atoms with E-state index in [4.69, 9.17) is 0 Å². The fourth-order valence-electron chi connectivity index (χ4n) is 1.15. The van der Waals surface area contributed by atoms with Gasteiger partial charge in [-0.1, -0.05) is 13.8 Å². The second-order valence-corrected chi connectivity index (χ2v) is 3.42. The second-order valence-electron chi connectivity index (χ2n) is 3.42. The van der Waals surface area contributed by atoms with Gasteiger partial charge in [0.1, 0.15) is 0 Å². The molecular weight excluding hydrogens is 124 g/mol. The Balaban J connectivity index is 2.01. The van der Waals surface area contributed by atoms with E-state index in [-0.39, 0.29) is 0 Å². The first-order valence-corrected chi connectivity index (χ1v) is 4.15. The zero-order chi connectivity index (χ0) is 7.40. The van der Waals surface area contributed by atoms with Crippen LogP contribution >= 0.6 is 0 Å². The van der Waals surface area contributed by atoms with Crippen LogP contribution in [0.1, 0.15) is 20.3 Å². The molecule has 1 aliphatic rings. The van der Waals surface area contributed by atoms with Crippen molar-refractivity contribution in [2.45, 2.75) is 26.3 Å². The predicted octanol–water partition coefficient (Wildman–Crippen LogP) is 0.609. The van der Waals surface area contributed by atoms with Crippen molar-refractivity contribution in [2.24, 2.45) is 5.92 Å². The van der Waals surface area contributed by atoms with Crippen LogP contribution in [-0.2, 0) is 0 Å². The molecule has 0 aromatic carbocycles. The molecule has 1 radical (unpaired) electrons. The maximum atomic E-state index is 4.28. The number of hydrogen-bond donors (Lipinski definition) is 1. The van der Waals surface area contributed by atoms with Crippen LogP contribution in [-0.4, -0.2) is 25.7 Å². The molecule has 0 aromatic rings. The molecule has 1 saturated heterocycles. The smallest absolute Gasteiger partial charge is 0.0288 e. The monoisotopic (exact) mass is 141 g/mol. The average molecular weight is 141 g/mol. The molecule has 0 spiro atoms. The largest absolute Gasteiger partial charge is 0.312 e. The summed E-state index contributed by atoms with van der Waals surface area (Å²) in [4.78, 5) is 0. The van der Waals surface area contributed by atoms with Crippen molar-refractivity contribution in [1.82, 2.24) is 10.6 Å². The van der Waals surface area contributed by atoms with Gasteiger partial charge in [0, 0.05) is 19.1 Å². The summed E-state index contributed by atoms with van der Waals surface area (Å²) in [5.74, 6) is 0.764. The lowest BCUT2D eigenvalue weighted by molar-refractivity contribution is 0.483. The van der Waals surface area contributed by atoms with Gasteiger partial charge in [0.15, 0.2) is 0 Å². The zero-order valence-electron chi connectivity index (χ0n) is 6.93. The number of hydrogen-bond acceptors (Lipinski definition) is 1. The minimum atomic E-state index is 0.683. The van der Waals surface area contributed by atoms with Crippen molar-refractivity contribution in [3.63, 3.8) is 0 Å². The third kappa shape index (κ3) is 2.67. The lowest BCUT2D eigenvalue weighted by atomic mass is 10.2. The topological polar surface area (TPSA) is 26.1 Å². The van der Waals surface area contributed by atoms with Crippen molar-refractivity contribution in [1.29, 1.82) is 0 Å². The van der Waals surface area contributed by atoms with Crippen LogP contribution in [0.5, 0.6) is 0 Å². The first kappa shape index (κ1) is 8.02. The molecule has 1 rings (SSSR count). The molecule has 1 unspecified atom stereocenters. The highest BCUT2D eigenvalue weighted by molar-refractivity contribution is 4.76. The first-order chi connectivity index (χ1) is 4.79. The van der Waals surface area contributed by atoms with Gasteiger partial charge in [-0.3, -0.25) is 0 Å². The summed E-state index contributed by atoms with van der Waals surface area (Å²) in [6, 6.07) is 0.683. The van der Waals surface area contributed by atoms with Gasteiger partial charge in [0.2, 0.25) is 0 Å². The molecule has 1 atom stereocenters. The van der Waals surface area contributed by atoms with Gasteiger partial charge < -0.3 is 5.32 Å². The normalized spacial score (nSPS) is 26.1. The van der Waals surface area contributed by atoms with Gasteiger partial charge in [-0.05, 0) is 18.9 Å². The highest BCUT2D eigenvalue weighted by Crippen LogP contribution is 1.99. The number of nitrogens with zero attached hydrogens (tertiary/aromatic N) is 1. The van der Waals surface area contributed by atoms with Crippen LogP contribution in [0.2, 0.25) is 0 Å². The molecule has 0 amide bonds. The zero-order valence-corrected chi connectivity index (χ0v) is 6.93. The van der Waals surface area contributed by atoms with Gasteiger partial charge in [0.05, 0.1) is 0 Å². The van der Waals surface area contributed by atoms with E-state index in [0.29, 0.717) is 6.04 Å². The van der Waals surface area contributed by atoms with E-state index in [9.17, 15) is 0 Å². The maximum absolute atomic E-state index is 4.28. The summed E-state index contributed by atoms with van der Waals surface area (Å²) in [7, 11) is 0. The Morgan fingerprint density at radius 1 is 1.60 bits per heavy atom. The summed E-state index contributed by atoms with van der Waals surface area (Å²) in [5, 5.41) is 7.77. The molecule has 10 heavy (non-hydrogen) atoms. The minimum Gasteiger partial charge on any atom is -0.312 e. The van der Waals surface area contributed by atoms with Crippen LogP contribution in [0, 0.1) is 5.92 Å². The second kappa shape index (κ2) is 3.94. The summed E-state index contributed by atoms with van der Waals surface area (Å²) < 4.78 is 0. The van der Waals surface area contributed by atoms with Gasteiger partial charge in [-0.15, -0.1) is 0 Å². The molecule has 0 aliphatic carbocycles. The molecule has 1 N–H and O–H groups in total. The first-order valence-electron chi connectivity index (χ1n) is 4.15. The Morgan fingerprint density at radius 3 is 2.90 bits per heavy atom. The number of rotatable bonds is 3. The van der Waals surface area contributed by atoms with E-state index in [1.54, 1.807) is 0 Å². The Labute approximate surface area is 63.4 Å². The van der Waals surface area contributed by atoms with Crippen LogP contribution in [0.25, 0.3) is 0 Å². The Bertz CT molecular complexity index is 85.3. The van der Waals surface area contributed by atoms with Crippen LogP contribution in [0.15, 0.2) is 0 Å². The van der Waals surface area contributed by atoms with Crippen LogP contribution in [0.4, 0.5) is 0 Å². The molecule has 1 heterocycles. The predicted molar refractivity (Wildman–Crippen MR) is 43.1 cm³/mol. The molecule has 2 nitrogen and oxygen atoms in total. The molecule has 0 bridgehead atoms. The fourth-order valence-corrected chi connectivity index (χ4v) is 1.15. The van der Waals surface area contributed by atoms with Gasteiger partial charge in [-0.25, -0.2) is 5.32 Å². The van der Waals surface area contributed by atoms with Gasteiger partial charge >= 0.3 is 0 Å². The van der Waals surface area contributed by atoms with Crippen molar-refractivity contribution in [3.8, 4) is 0 Å². The molecule has 0 saturated carbocycles. The Hall–Kier alpha value is -0.0800. The Morgan fingerprint density at radius 2 is 2.40 bits per heavy atom. The highest BCUT2D eigenvalue weighted by atomic mass is 15.0. The van der Waals surface area contributed by atoms with Crippen molar-refractivity contribution in [3.05, 3.63) is 0 Å². The summed E-state index contributed by atoms with van der Waals surface area (Å²) in [5.41, 5.74) is 0. The standard InChI is InChI=1S/C8H17N2/c1-7(2)5-10-8-3-4-9-6-8/h7-8,10H,3-6H2,1-2H3. The minimum absolute atomic E-state index is 0.683. The van der Waals surface area contributed by atoms with Crippen LogP contribution in [0.3, 0.4) is 0 Å². The lowest BCUT2D eigenvalue weighted by Crippen LogP contribution is -2.32. The Kier molecular flexibility index (Phi) is 3.16. The fraction of sp³-hybridized carbons (Fsp3) is 1.00. The van der Waals surface area contributed by atoms with Crippen LogP contribution < -0.4 is 10.6 Å². The van der Waals surface area contributed by atoms with E-state index < -0.39 is 0 Å². The molecular formula is C8H17N2. The molecule has 1 fully saturated rings. The van der Waals surface area contributed by atoms with Gasteiger partial charge in [-0.2, -0.15) is 0 Å². The van der Waals surface area contributed by atoms with E-state index >= 15 is 0 Å². The molecule has 59 valence electrons. The molecule has 1 aliphatic heterocycles. The van der Waals surface area contributed by atoms with E-state index in [1.807, 2.05) is 0 Å². The quantitative estimate of drug-likeness (QED) is 0.612. The summed E-state index contributed by atoms with van der Waals surface area (Å²) in [6.07, 6.45) is 1.24. The maximum Gasteiger partial charge on any atom is 0.0288 e. The summed E-state index contributed by atoms with van der Waals surface area (Å²) in [6.45, 7) is 7.71. The van der Waals surface area contributed by atoms with E-state index in [1.165, 1.54) is 6.42 Å². The third-order valence-corrected chi connectivity index (χ3v) is 1.80. The van der Waals surface area contributed by atoms with Crippen molar-refractivity contribution >= 4 is 0 Å². The lowest BCUT2D eigenvalue weighted by Gasteiger charge is -2.12. The third-order valence-electron chi connectivity index (χ3n) is 1.80. The average Bonchev–Trinajstić information content (AvgIpc) is 2.34. The van der Waals surface area contributed by atoms with E-state index in [2.05, 4.69) is 24.5 Å². The molecule has 0 aromatic heterocycles. The molecule has 2 heteroatoms. The SMILES string of the molecule is CC(C)CNC1CC[N]C1. The summed E-state index contributed by atoms with van der Waals surface area (Å²) >= 11 is 0. The highest BCUT2D eigenvalue weighted by Gasteiger charge is 2.13. The number of nitrogens with one attached hydrogen (secondary N) is 1. The van der Waals surface area contributed by atoms with E-state index in [0.717, 1.165) is 25.6 Å². The van der Waals surface area contributed by atoms with Crippen molar-refractivity contribution < 1.29 is 0 Å².